The molecule has 3 N–H and O–H groups in total. The summed E-state index contributed by atoms with van der Waals surface area (Å²) >= 11 is 3.28. The molecule has 74 valence electrons. The van der Waals surface area contributed by atoms with E-state index in [0.717, 1.165) is 11.3 Å². The van der Waals surface area contributed by atoms with E-state index in [1.165, 1.54) is 0 Å². The molecule has 0 radical (unpaired) electrons. The minimum absolute atomic E-state index is 0.553. The fourth-order valence-corrected chi connectivity index (χ4v) is 1.37. The molecule has 2 amide bonds. The average Bonchev–Trinajstić information content (AvgIpc) is 2.20. The first-order chi connectivity index (χ1) is 6.74. The number of urea groups is 1. The number of hydrazone groups is 1. The van der Waals surface area contributed by atoms with Crippen LogP contribution < -0.4 is 11.2 Å². The third-order valence-corrected chi connectivity index (χ3v) is 2.07. The molecule has 0 heterocycles. The topological polar surface area (TPSA) is 67.5 Å². The third-order valence-electron chi connectivity index (χ3n) is 1.53. The Labute approximate surface area is 90.3 Å². The second-order valence-electron chi connectivity index (χ2n) is 2.53. The molecule has 5 heteroatoms. The summed E-state index contributed by atoms with van der Waals surface area (Å²) in [6.07, 6.45) is 0. The van der Waals surface area contributed by atoms with Crippen LogP contribution in [-0.4, -0.2) is 17.1 Å². The second-order valence-corrected chi connectivity index (χ2v) is 3.09. The van der Waals surface area contributed by atoms with Gasteiger partial charge in [-0.2, -0.15) is 5.10 Å². The highest BCUT2D eigenvalue weighted by atomic mass is 79.9. The first-order valence-corrected chi connectivity index (χ1v) is 5.09. The number of nitrogens with one attached hydrogen (secondary N) is 1. The highest BCUT2D eigenvalue weighted by Crippen LogP contribution is 2.02. The molecule has 0 aliphatic rings. The third kappa shape index (κ3) is 3.18. The van der Waals surface area contributed by atoms with Crippen molar-refractivity contribution in [1.82, 2.24) is 5.43 Å². The van der Waals surface area contributed by atoms with Crippen molar-refractivity contribution < 1.29 is 4.79 Å². The van der Waals surface area contributed by atoms with Gasteiger partial charge >= 0.3 is 6.03 Å². The van der Waals surface area contributed by atoms with Gasteiger partial charge in [0.05, 0.1) is 5.71 Å². The van der Waals surface area contributed by atoms with Gasteiger partial charge in [0.2, 0.25) is 0 Å². The molecule has 14 heavy (non-hydrogen) atoms. The number of rotatable bonds is 3. The lowest BCUT2D eigenvalue weighted by molar-refractivity contribution is 0.249. The van der Waals surface area contributed by atoms with Crippen molar-refractivity contribution >= 4 is 27.7 Å². The largest absolute Gasteiger partial charge is 0.350 e. The second kappa shape index (κ2) is 5.39. The van der Waals surface area contributed by atoms with Crippen LogP contribution in [0.2, 0.25) is 0 Å². The summed E-state index contributed by atoms with van der Waals surface area (Å²) in [6, 6.07) is 8.86. The molecule has 0 saturated carbocycles. The molecule has 0 saturated heterocycles. The first-order valence-electron chi connectivity index (χ1n) is 3.97. The molecular formula is C9H10BrN3O. The molecule has 1 aromatic carbocycles. The first kappa shape index (κ1) is 10.7. The van der Waals surface area contributed by atoms with Crippen molar-refractivity contribution in [2.75, 3.05) is 5.33 Å². The van der Waals surface area contributed by atoms with Gasteiger partial charge in [0, 0.05) is 5.33 Å². The zero-order valence-corrected chi connectivity index (χ0v) is 8.99. The number of carbonyl (C=O) groups excluding carboxylic acids is 1. The maximum atomic E-state index is 10.4. The van der Waals surface area contributed by atoms with Gasteiger partial charge in [-0.25, -0.2) is 10.2 Å². The summed E-state index contributed by atoms with van der Waals surface area (Å²) in [7, 11) is 0. The Morgan fingerprint density at radius 1 is 1.43 bits per heavy atom. The average molecular weight is 256 g/mol. The van der Waals surface area contributed by atoms with Crippen molar-refractivity contribution in [3.8, 4) is 0 Å². The molecule has 4 nitrogen and oxygen atoms in total. The monoisotopic (exact) mass is 255 g/mol. The Morgan fingerprint density at radius 2 is 2.07 bits per heavy atom. The van der Waals surface area contributed by atoms with Gasteiger partial charge in [-0.05, 0) is 5.56 Å². The lowest BCUT2D eigenvalue weighted by atomic mass is 10.1. The number of hydrogen-bond acceptors (Lipinski definition) is 2. The molecule has 0 aliphatic carbocycles. The van der Waals surface area contributed by atoms with Crippen molar-refractivity contribution in [2.45, 2.75) is 0 Å². The van der Waals surface area contributed by atoms with Crippen LogP contribution in [0.3, 0.4) is 0 Å². The lowest BCUT2D eigenvalue weighted by Crippen LogP contribution is -2.26. The Morgan fingerprint density at radius 3 is 2.57 bits per heavy atom. The van der Waals surface area contributed by atoms with E-state index in [2.05, 4.69) is 26.5 Å². The van der Waals surface area contributed by atoms with Gasteiger partial charge in [0.25, 0.3) is 0 Å². The molecule has 1 aromatic rings. The standard InChI is InChI=1S/C9H10BrN3O/c10-6-8(12-13-9(11)14)7-4-2-1-3-5-7/h1-5H,6H2,(H3,11,13,14)/b12-8+. The summed E-state index contributed by atoms with van der Waals surface area (Å²) in [5, 5.41) is 4.41. The van der Waals surface area contributed by atoms with Crippen LogP contribution in [0.25, 0.3) is 0 Å². The molecular weight excluding hydrogens is 246 g/mol. The summed E-state index contributed by atoms with van der Waals surface area (Å²) < 4.78 is 0. The highest BCUT2D eigenvalue weighted by molar-refractivity contribution is 9.09. The highest BCUT2D eigenvalue weighted by Gasteiger charge is 2.00. The smallest absolute Gasteiger partial charge is 0.332 e. The molecule has 0 atom stereocenters. The van der Waals surface area contributed by atoms with Crippen molar-refractivity contribution in [3.63, 3.8) is 0 Å². The number of halogens is 1. The van der Waals surface area contributed by atoms with Crippen LogP contribution in [0.1, 0.15) is 5.56 Å². The van der Waals surface area contributed by atoms with E-state index in [4.69, 9.17) is 5.73 Å². The van der Waals surface area contributed by atoms with Gasteiger partial charge < -0.3 is 5.73 Å². The molecule has 0 spiro atoms. The molecule has 0 aliphatic heterocycles. The summed E-state index contributed by atoms with van der Waals surface area (Å²) in [5.41, 5.74) is 8.76. The van der Waals surface area contributed by atoms with Crippen LogP contribution in [0.4, 0.5) is 4.79 Å². The van der Waals surface area contributed by atoms with E-state index in [1.807, 2.05) is 30.3 Å². The Hall–Kier alpha value is -1.36. The predicted molar refractivity (Wildman–Crippen MR) is 59.5 cm³/mol. The van der Waals surface area contributed by atoms with Gasteiger partial charge in [-0.15, -0.1) is 0 Å². The van der Waals surface area contributed by atoms with Crippen LogP contribution in [-0.2, 0) is 0 Å². The number of carbonyl (C=O) groups is 1. The minimum Gasteiger partial charge on any atom is -0.350 e. The molecule has 0 fully saturated rings. The van der Waals surface area contributed by atoms with Crippen molar-refractivity contribution in [3.05, 3.63) is 35.9 Å². The van der Waals surface area contributed by atoms with E-state index in [-0.39, 0.29) is 0 Å². The summed E-state index contributed by atoms with van der Waals surface area (Å²) in [5.74, 6) is 0. The quantitative estimate of drug-likeness (QED) is 0.479. The Kier molecular flexibility index (Phi) is 4.12. The van der Waals surface area contributed by atoms with Gasteiger partial charge in [0.1, 0.15) is 0 Å². The van der Waals surface area contributed by atoms with Crippen molar-refractivity contribution in [2.24, 2.45) is 10.8 Å². The van der Waals surface area contributed by atoms with E-state index >= 15 is 0 Å². The number of hydrogen-bond donors (Lipinski definition) is 2. The van der Waals surface area contributed by atoms with E-state index in [1.54, 1.807) is 0 Å². The Balaban J connectivity index is 2.82. The molecule has 0 unspecified atom stereocenters. The van der Waals surface area contributed by atoms with Crippen LogP contribution in [0.5, 0.6) is 0 Å². The van der Waals surface area contributed by atoms with E-state index in [0.29, 0.717) is 5.33 Å². The van der Waals surface area contributed by atoms with Crippen molar-refractivity contribution in [1.29, 1.82) is 0 Å². The van der Waals surface area contributed by atoms with Gasteiger partial charge in [0.15, 0.2) is 0 Å². The van der Waals surface area contributed by atoms with Crippen LogP contribution >= 0.6 is 15.9 Å². The van der Waals surface area contributed by atoms with Gasteiger partial charge in [-0.3, -0.25) is 0 Å². The number of nitrogens with two attached hydrogens (primary N) is 1. The summed E-state index contributed by atoms with van der Waals surface area (Å²) in [6.45, 7) is 0. The maximum Gasteiger partial charge on any atom is 0.332 e. The number of amides is 2. The SMILES string of the molecule is NC(=O)N/N=C(\CBr)c1ccccc1. The molecule has 0 aromatic heterocycles. The Bertz CT molecular complexity index is 337. The fraction of sp³-hybridized carbons (Fsp3) is 0.111. The van der Waals surface area contributed by atoms with E-state index in [9.17, 15) is 4.79 Å². The van der Waals surface area contributed by atoms with E-state index < -0.39 is 6.03 Å². The minimum atomic E-state index is -0.667. The molecule has 1 rings (SSSR count). The normalized spacial score (nSPS) is 11.1. The summed E-state index contributed by atoms with van der Waals surface area (Å²) in [4.78, 5) is 10.4. The lowest BCUT2D eigenvalue weighted by Gasteiger charge is -2.02. The predicted octanol–water partition coefficient (Wildman–Crippen LogP) is 1.45. The van der Waals surface area contributed by atoms with Crippen LogP contribution in [0, 0.1) is 0 Å². The fourth-order valence-electron chi connectivity index (χ4n) is 0.925. The van der Waals surface area contributed by atoms with Gasteiger partial charge in [-0.1, -0.05) is 46.3 Å². The number of alkyl halides is 1. The number of primary amides is 1. The van der Waals surface area contributed by atoms with Crippen LogP contribution in [0.15, 0.2) is 35.4 Å². The number of nitrogens with zero attached hydrogens (tertiary/aromatic N) is 1. The number of benzene rings is 1. The zero-order valence-electron chi connectivity index (χ0n) is 7.40. The molecule has 0 bridgehead atoms. The maximum absolute atomic E-state index is 10.4. The zero-order chi connectivity index (χ0) is 10.4.